The van der Waals surface area contributed by atoms with Gasteiger partial charge in [0.25, 0.3) is 17.0 Å². The summed E-state index contributed by atoms with van der Waals surface area (Å²) in [5.41, 5.74) is 7.33. The van der Waals surface area contributed by atoms with E-state index in [2.05, 4.69) is 76.6 Å². The molecule has 2 aromatic heterocycles. The number of rotatable bonds is 11. The number of carboxylic acid groups (broad SMARTS) is 2. The third-order valence-electron chi connectivity index (χ3n) is 11.8. The highest BCUT2D eigenvalue weighted by Crippen LogP contribution is 2.52. The number of benzene rings is 4. The summed E-state index contributed by atoms with van der Waals surface area (Å²) in [5.74, 6) is -2.71. The lowest BCUT2D eigenvalue weighted by atomic mass is 9.95. The second-order valence-electron chi connectivity index (χ2n) is 15.5. The topological polar surface area (TPSA) is 153 Å². The monoisotopic (exact) mass is 912 g/mol. The van der Waals surface area contributed by atoms with Crippen LogP contribution in [-0.2, 0) is 14.4 Å². The molecule has 4 aromatic carbocycles. The van der Waals surface area contributed by atoms with Crippen molar-refractivity contribution in [3.05, 3.63) is 170 Å². The van der Waals surface area contributed by atoms with E-state index in [9.17, 15) is 34.2 Å². The van der Waals surface area contributed by atoms with Gasteiger partial charge >= 0.3 is 11.9 Å². The van der Waals surface area contributed by atoms with Crippen LogP contribution >= 0.6 is 46.7 Å². The number of thiocarbonyl (C=S) groups is 1. The van der Waals surface area contributed by atoms with E-state index in [0.717, 1.165) is 97.5 Å². The third-order valence-corrected chi connectivity index (χ3v) is 15.7. The fourth-order valence-corrected chi connectivity index (χ4v) is 12.6. The average Bonchev–Trinajstić information content (AvgIpc) is 4.10. The summed E-state index contributed by atoms with van der Waals surface area (Å²) < 4.78 is 1.89. The van der Waals surface area contributed by atoms with E-state index in [0.29, 0.717) is 10.9 Å². The van der Waals surface area contributed by atoms with Crippen LogP contribution in [0.1, 0.15) is 78.8 Å². The van der Waals surface area contributed by atoms with E-state index < -0.39 is 35.5 Å². The van der Waals surface area contributed by atoms with Gasteiger partial charge < -0.3 is 20.1 Å². The van der Waals surface area contributed by atoms with Gasteiger partial charge in [-0.1, -0.05) is 109 Å². The molecule has 1 aliphatic carbocycles. The molecule has 1 amide bonds. The first-order valence-corrected chi connectivity index (χ1v) is 23.4. The Morgan fingerprint density at radius 2 is 1.57 bits per heavy atom. The molecule has 0 radical (unpaired) electrons. The highest BCUT2D eigenvalue weighted by Gasteiger charge is 2.42. The molecular weight excluding hydrogens is 873 g/mol. The lowest BCUT2D eigenvalue weighted by molar-refractivity contribution is -0.142. The van der Waals surface area contributed by atoms with Gasteiger partial charge in [-0.05, 0) is 96.0 Å². The van der Waals surface area contributed by atoms with E-state index in [1.54, 1.807) is 13.0 Å². The van der Waals surface area contributed by atoms with Crippen LogP contribution in [0.4, 0.5) is 11.4 Å². The van der Waals surface area contributed by atoms with Crippen LogP contribution < -0.4 is 25.2 Å². The number of aromatic nitrogens is 2. The normalized spacial score (nSPS) is 19.0. The zero-order chi connectivity index (χ0) is 43.9. The van der Waals surface area contributed by atoms with Gasteiger partial charge in [0.2, 0.25) is 0 Å². The average molecular weight is 913 g/mol. The van der Waals surface area contributed by atoms with Crippen molar-refractivity contribution in [1.82, 2.24) is 14.5 Å². The number of carboxylic acids is 2. The molecule has 0 bridgehead atoms. The van der Waals surface area contributed by atoms with Crippen LogP contribution in [0.5, 0.6) is 0 Å². The number of amides is 1. The van der Waals surface area contributed by atoms with Gasteiger partial charge in [0.05, 0.1) is 4.53 Å². The summed E-state index contributed by atoms with van der Waals surface area (Å²) in [7, 11) is 0. The van der Waals surface area contributed by atoms with Crippen molar-refractivity contribution in [2.24, 2.45) is 0 Å². The number of nitrogens with one attached hydrogen (secondary N) is 1. The van der Waals surface area contributed by atoms with E-state index in [4.69, 9.17) is 12.2 Å². The molecular formula is C48H40N4O7S4. The highest BCUT2D eigenvalue weighted by atomic mass is 32.2. The first-order valence-electron chi connectivity index (χ1n) is 20.6. The second-order valence-corrected chi connectivity index (χ2v) is 19.2. The van der Waals surface area contributed by atoms with Crippen LogP contribution in [0.2, 0.25) is 0 Å². The molecule has 1 saturated heterocycles. The van der Waals surface area contributed by atoms with Crippen LogP contribution in [0.15, 0.2) is 113 Å². The number of hydrogen-bond donors (Lipinski definition) is 3. The maximum atomic E-state index is 14.3. The molecule has 6 aromatic rings. The van der Waals surface area contributed by atoms with E-state index >= 15 is 0 Å². The van der Waals surface area contributed by atoms with Crippen LogP contribution in [0.3, 0.4) is 0 Å². The highest BCUT2D eigenvalue weighted by molar-refractivity contribution is 8.30. The first-order chi connectivity index (χ1) is 30.5. The van der Waals surface area contributed by atoms with Gasteiger partial charge in [0.15, 0.2) is 0 Å². The molecule has 4 heterocycles. The molecule has 2 aliphatic heterocycles. The minimum absolute atomic E-state index is 0.0337. The molecule has 3 aliphatic rings. The molecule has 1 saturated carbocycles. The number of hydrogen-bond acceptors (Lipinski definition) is 10. The number of fused-ring (bicyclic) bond motifs is 3. The number of aliphatic carboxylic acids is 2. The quantitative estimate of drug-likeness (QED) is 0.0874. The standard InChI is InChI=1S/C48H40N4O7S4/c1-2-50-45(57)41(63-48(50)60)43-49-42(55)40(62-43)46-52(37(47(58)59)22-23-39(53)54)44(56)38(61-46)26-28-18-21-36-34(25-28)32-14-9-15-35(32)51(36)31-19-16-27(17-20-31)24-33(29-10-5-3-6-11-29)30-12-7-4-8-13-30/h3-8,10-13,16-21,24-26,32,35,37H,2,9,14-15,22-23H2,1H3,(H,49,55)(H,53,54)(H,58,59)/b38-26-,43-41+,46-40+. The molecule has 3 unspecified atom stereocenters. The van der Waals surface area contributed by atoms with E-state index in [1.165, 1.54) is 10.5 Å². The zero-order valence-electron chi connectivity index (χ0n) is 33.9. The maximum absolute atomic E-state index is 14.3. The fraction of sp³-hybridized carbons (Fsp3) is 0.208. The molecule has 3 N–H and O–H groups in total. The van der Waals surface area contributed by atoms with Crippen molar-refractivity contribution in [1.29, 1.82) is 0 Å². The number of H-pyrrole nitrogens is 1. The van der Waals surface area contributed by atoms with E-state index in [-0.39, 0.29) is 47.6 Å². The van der Waals surface area contributed by atoms with Crippen LogP contribution in [0.25, 0.3) is 22.6 Å². The molecule has 15 heteroatoms. The Labute approximate surface area is 378 Å². The summed E-state index contributed by atoms with van der Waals surface area (Å²) in [6.45, 7) is 2.14. The maximum Gasteiger partial charge on any atom is 0.326 e. The third kappa shape index (κ3) is 8.06. The molecule has 2 fully saturated rings. The minimum Gasteiger partial charge on any atom is -0.481 e. The number of thioether (sulfide) groups is 1. The number of thiazole rings is 2. The number of carbonyl (C=O) groups excluding carboxylic acids is 1. The number of anilines is 2. The van der Waals surface area contributed by atoms with Gasteiger partial charge in [0, 0.05) is 36.3 Å². The Morgan fingerprint density at radius 3 is 2.21 bits per heavy atom. The predicted molar refractivity (Wildman–Crippen MR) is 254 cm³/mol. The molecule has 3 atom stereocenters. The molecule has 0 spiro atoms. The Hall–Kier alpha value is -6.13. The second kappa shape index (κ2) is 17.6. The van der Waals surface area contributed by atoms with Gasteiger partial charge in [-0.3, -0.25) is 28.6 Å². The first kappa shape index (κ1) is 42.2. The minimum atomic E-state index is -1.57. The summed E-state index contributed by atoms with van der Waals surface area (Å²) >= 11 is 8.33. The largest absolute Gasteiger partial charge is 0.481 e. The molecule has 318 valence electrons. The van der Waals surface area contributed by atoms with Gasteiger partial charge in [-0.15, -0.1) is 22.7 Å². The van der Waals surface area contributed by atoms with Gasteiger partial charge in [0.1, 0.15) is 29.1 Å². The molecule has 9 rings (SSSR count). The Bertz CT molecular complexity index is 3150. The zero-order valence-corrected chi connectivity index (χ0v) is 37.1. The summed E-state index contributed by atoms with van der Waals surface area (Å²) in [4.78, 5) is 72.2. The van der Waals surface area contributed by atoms with Gasteiger partial charge in [-0.2, -0.15) is 0 Å². The van der Waals surface area contributed by atoms with Crippen molar-refractivity contribution in [2.75, 3.05) is 11.4 Å². The van der Waals surface area contributed by atoms with Crippen LogP contribution in [-0.4, -0.2) is 59.4 Å². The van der Waals surface area contributed by atoms with E-state index in [1.807, 2.05) is 42.5 Å². The number of nitrogens with zero attached hydrogens (tertiary/aromatic N) is 3. The SMILES string of the molecule is CCN1C(=O)/C(=c2/[nH]c(=O)/c(=c3\s/c(=C\c4ccc5c(c4)C4CCCC4N5c4ccc(C=C(c5ccccc5)c5ccccc5)cc4)c(=O)n3C(CCC(=O)O)C(=O)O)s2)SC1=S. The lowest BCUT2D eigenvalue weighted by Crippen LogP contribution is -2.34. The van der Waals surface area contributed by atoms with Crippen molar-refractivity contribution >= 4 is 103 Å². The van der Waals surface area contributed by atoms with Crippen molar-refractivity contribution < 1.29 is 24.6 Å². The lowest BCUT2D eigenvalue weighted by Gasteiger charge is -2.27. The fourth-order valence-electron chi connectivity index (χ4n) is 8.87. The van der Waals surface area contributed by atoms with Gasteiger partial charge in [-0.25, -0.2) is 4.79 Å². The molecule has 11 nitrogen and oxygen atoms in total. The Balaban J connectivity index is 1.12. The van der Waals surface area contributed by atoms with Crippen molar-refractivity contribution in [3.63, 3.8) is 0 Å². The van der Waals surface area contributed by atoms with Crippen molar-refractivity contribution in [3.8, 4) is 0 Å². The predicted octanol–water partition coefficient (Wildman–Crippen LogP) is 7.63. The summed E-state index contributed by atoms with van der Waals surface area (Å²) in [6, 6.07) is 34.2. The Morgan fingerprint density at radius 1 is 0.889 bits per heavy atom. The smallest absolute Gasteiger partial charge is 0.326 e. The van der Waals surface area contributed by atoms with Crippen molar-refractivity contribution in [2.45, 2.75) is 57.0 Å². The Kier molecular flexibility index (Phi) is 11.8. The number of aromatic amines is 1. The molecule has 63 heavy (non-hydrogen) atoms. The number of carbonyl (C=O) groups is 3. The van der Waals surface area contributed by atoms with Crippen LogP contribution in [0, 0.1) is 9.20 Å². The summed E-state index contributed by atoms with van der Waals surface area (Å²) in [5, 5.41) is 19.8. The summed E-state index contributed by atoms with van der Waals surface area (Å²) in [6.07, 6.45) is 6.15.